The molecular weight excluding hydrogens is 340 g/mol. The number of carboxylic acids is 1. The highest BCUT2D eigenvalue weighted by Crippen LogP contribution is 2.29. The minimum atomic E-state index is -0.860. The predicted octanol–water partition coefficient (Wildman–Crippen LogP) is 2.13. The van der Waals surface area contributed by atoms with Crippen LogP contribution in [0.25, 0.3) is 0 Å². The lowest BCUT2D eigenvalue weighted by Crippen LogP contribution is -2.43. The summed E-state index contributed by atoms with van der Waals surface area (Å²) in [6, 6.07) is 7.37. The summed E-state index contributed by atoms with van der Waals surface area (Å²) in [5.74, 6) is -2.09. The molecule has 7 heteroatoms. The van der Waals surface area contributed by atoms with Gasteiger partial charge >= 0.3 is 5.97 Å². The summed E-state index contributed by atoms with van der Waals surface area (Å²) in [6.07, 6.45) is 4.24. The second-order valence-electron chi connectivity index (χ2n) is 6.59. The van der Waals surface area contributed by atoms with Gasteiger partial charge in [0.2, 0.25) is 11.8 Å². The zero-order valence-electron chi connectivity index (χ0n) is 14.1. The Morgan fingerprint density at radius 3 is 2.60 bits per heavy atom. The van der Waals surface area contributed by atoms with Gasteiger partial charge in [-0.15, -0.1) is 11.8 Å². The van der Waals surface area contributed by atoms with Crippen LogP contribution >= 0.6 is 11.8 Å². The van der Waals surface area contributed by atoms with E-state index >= 15 is 0 Å². The van der Waals surface area contributed by atoms with Gasteiger partial charge in [0.15, 0.2) is 0 Å². The number of hydrogen-bond donors (Lipinski definition) is 2. The summed E-state index contributed by atoms with van der Waals surface area (Å²) in [7, 11) is 0. The molecule has 2 fully saturated rings. The van der Waals surface area contributed by atoms with E-state index in [1.54, 1.807) is 16.7 Å². The number of nitrogens with zero attached hydrogens (tertiary/aromatic N) is 1. The van der Waals surface area contributed by atoms with Crippen molar-refractivity contribution < 1.29 is 19.5 Å². The molecule has 1 saturated carbocycles. The van der Waals surface area contributed by atoms with E-state index in [4.69, 9.17) is 0 Å². The molecule has 25 heavy (non-hydrogen) atoms. The number of carbonyl (C=O) groups excluding carboxylic acids is 2. The number of carboxylic acid groups (broad SMARTS) is 1. The summed E-state index contributed by atoms with van der Waals surface area (Å²) in [5, 5.41) is 12.1. The molecule has 2 N–H and O–H groups in total. The van der Waals surface area contributed by atoms with Gasteiger partial charge < -0.3 is 15.3 Å². The molecule has 6 nitrogen and oxygen atoms in total. The largest absolute Gasteiger partial charge is 0.481 e. The van der Waals surface area contributed by atoms with Crippen LogP contribution in [0.3, 0.4) is 0 Å². The number of thioether (sulfide) groups is 1. The van der Waals surface area contributed by atoms with Gasteiger partial charge in [0, 0.05) is 29.6 Å². The van der Waals surface area contributed by atoms with Crippen molar-refractivity contribution >= 4 is 35.2 Å². The standard InChI is InChI=1S/C18H22N2O4S/c1-25-13-7-5-12(6-8-13)20-10-11(9-16(20)21)17(22)19-15-4-2-3-14(15)18(23)24/h5-8,11,14-15H,2-4,9-10H2,1H3,(H,19,22)(H,23,24)/t11?,14-,15+/m0/s1. The monoisotopic (exact) mass is 362 g/mol. The van der Waals surface area contributed by atoms with Crippen molar-refractivity contribution in [3.8, 4) is 0 Å². The normalized spacial score (nSPS) is 26.0. The quantitative estimate of drug-likeness (QED) is 0.784. The Morgan fingerprint density at radius 2 is 1.96 bits per heavy atom. The molecule has 1 unspecified atom stereocenters. The minimum absolute atomic E-state index is 0.0711. The van der Waals surface area contributed by atoms with Crippen LogP contribution in [0.5, 0.6) is 0 Å². The Balaban J connectivity index is 1.63. The maximum absolute atomic E-state index is 12.5. The van der Waals surface area contributed by atoms with Crippen LogP contribution < -0.4 is 10.2 Å². The van der Waals surface area contributed by atoms with Crippen molar-refractivity contribution in [1.29, 1.82) is 0 Å². The Hall–Kier alpha value is -2.02. The first kappa shape index (κ1) is 17.8. The first-order valence-electron chi connectivity index (χ1n) is 8.47. The molecule has 0 aromatic heterocycles. The highest BCUT2D eigenvalue weighted by Gasteiger charge is 2.39. The molecule has 134 valence electrons. The van der Waals surface area contributed by atoms with E-state index in [0.717, 1.165) is 17.0 Å². The van der Waals surface area contributed by atoms with Gasteiger partial charge in [-0.1, -0.05) is 6.42 Å². The molecule has 0 radical (unpaired) electrons. The maximum atomic E-state index is 12.5. The molecular formula is C18H22N2O4S. The Labute approximate surface area is 151 Å². The molecule has 1 aromatic carbocycles. The van der Waals surface area contributed by atoms with Crippen LogP contribution in [0.1, 0.15) is 25.7 Å². The number of aliphatic carboxylic acids is 1. The lowest BCUT2D eigenvalue weighted by Gasteiger charge is -2.20. The second kappa shape index (κ2) is 7.47. The summed E-state index contributed by atoms with van der Waals surface area (Å²) in [4.78, 5) is 38.8. The fourth-order valence-electron chi connectivity index (χ4n) is 3.62. The van der Waals surface area contributed by atoms with Gasteiger partial charge in [-0.3, -0.25) is 14.4 Å². The SMILES string of the molecule is CSc1ccc(N2CC(C(=O)N[C@@H]3CCC[C@@H]3C(=O)O)CC2=O)cc1. The molecule has 0 bridgehead atoms. The third-order valence-electron chi connectivity index (χ3n) is 5.04. The number of amides is 2. The van der Waals surface area contributed by atoms with Gasteiger partial charge in [-0.2, -0.15) is 0 Å². The molecule has 2 aliphatic rings. The topological polar surface area (TPSA) is 86.7 Å². The number of benzene rings is 1. The van der Waals surface area contributed by atoms with Crippen molar-refractivity contribution in [3.05, 3.63) is 24.3 Å². The van der Waals surface area contributed by atoms with E-state index in [1.807, 2.05) is 30.5 Å². The van der Waals surface area contributed by atoms with Crippen LogP contribution in [-0.2, 0) is 14.4 Å². The molecule has 3 rings (SSSR count). The van der Waals surface area contributed by atoms with Crippen molar-refractivity contribution in [2.45, 2.75) is 36.6 Å². The lowest BCUT2D eigenvalue weighted by molar-refractivity contribution is -0.142. The Kier molecular flexibility index (Phi) is 5.32. The van der Waals surface area contributed by atoms with E-state index in [9.17, 15) is 19.5 Å². The number of nitrogens with one attached hydrogen (secondary N) is 1. The van der Waals surface area contributed by atoms with Gasteiger partial charge in [0.25, 0.3) is 0 Å². The Morgan fingerprint density at radius 1 is 1.24 bits per heavy atom. The zero-order valence-corrected chi connectivity index (χ0v) is 14.9. The molecule has 1 aliphatic heterocycles. The van der Waals surface area contributed by atoms with Crippen LogP contribution in [0.2, 0.25) is 0 Å². The van der Waals surface area contributed by atoms with E-state index in [2.05, 4.69) is 5.32 Å². The number of hydrogen-bond acceptors (Lipinski definition) is 4. The van der Waals surface area contributed by atoms with Gasteiger partial charge in [0.1, 0.15) is 0 Å². The fourth-order valence-corrected chi connectivity index (χ4v) is 4.03. The first-order valence-corrected chi connectivity index (χ1v) is 9.69. The van der Waals surface area contributed by atoms with E-state index in [0.29, 0.717) is 19.4 Å². The van der Waals surface area contributed by atoms with Crippen LogP contribution in [0.15, 0.2) is 29.2 Å². The van der Waals surface area contributed by atoms with Crippen molar-refractivity contribution in [1.82, 2.24) is 5.32 Å². The number of anilines is 1. The third-order valence-corrected chi connectivity index (χ3v) is 5.78. The van der Waals surface area contributed by atoms with Crippen LogP contribution in [0.4, 0.5) is 5.69 Å². The smallest absolute Gasteiger partial charge is 0.308 e. The molecule has 3 atom stereocenters. The van der Waals surface area contributed by atoms with Crippen molar-refractivity contribution in [2.75, 3.05) is 17.7 Å². The second-order valence-corrected chi connectivity index (χ2v) is 7.47. The van der Waals surface area contributed by atoms with Gasteiger partial charge in [-0.25, -0.2) is 0 Å². The minimum Gasteiger partial charge on any atom is -0.481 e. The van der Waals surface area contributed by atoms with Crippen molar-refractivity contribution in [2.24, 2.45) is 11.8 Å². The average Bonchev–Trinajstić information content (AvgIpc) is 3.21. The predicted molar refractivity (Wildman–Crippen MR) is 95.6 cm³/mol. The van der Waals surface area contributed by atoms with Crippen LogP contribution in [0, 0.1) is 11.8 Å². The summed E-state index contributed by atoms with van der Waals surface area (Å²) in [6.45, 7) is 0.341. The molecule has 1 aromatic rings. The molecule has 1 saturated heterocycles. The lowest BCUT2D eigenvalue weighted by atomic mass is 10.0. The maximum Gasteiger partial charge on any atom is 0.308 e. The molecule has 1 aliphatic carbocycles. The highest BCUT2D eigenvalue weighted by atomic mass is 32.2. The Bertz CT molecular complexity index is 676. The van der Waals surface area contributed by atoms with E-state index in [-0.39, 0.29) is 24.3 Å². The van der Waals surface area contributed by atoms with Crippen molar-refractivity contribution in [3.63, 3.8) is 0 Å². The average molecular weight is 362 g/mol. The van der Waals surface area contributed by atoms with Crippen LogP contribution in [-0.4, -0.2) is 41.7 Å². The van der Waals surface area contributed by atoms with E-state index < -0.39 is 17.8 Å². The van der Waals surface area contributed by atoms with Gasteiger partial charge in [-0.05, 0) is 43.4 Å². The number of carbonyl (C=O) groups is 3. The molecule has 1 heterocycles. The molecule has 0 spiro atoms. The number of rotatable bonds is 5. The summed E-state index contributed by atoms with van der Waals surface area (Å²) < 4.78 is 0. The molecule has 2 amide bonds. The zero-order chi connectivity index (χ0) is 18.0. The summed E-state index contributed by atoms with van der Waals surface area (Å²) >= 11 is 1.63. The highest BCUT2D eigenvalue weighted by molar-refractivity contribution is 7.98. The van der Waals surface area contributed by atoms with E-state index in [1.165, 1.54) is 0 Å². The first-order chi connectivity index (χ1) is 12.0. The third kappa shape index (κ3) is 3.81. The summed E-state index contributed by atoms with van der Waals surface area (Å²) in [5.41, 5.74) is 0.794. The van der Waals surface area contributed by atoms with Gasteiger partial charge in [0.05, 0.1) is 11.8 Å². The fraction of sp³-hybridized carbons (Fsp3) is 0.500.